The first-order chi connectivity index (χ1) is 12.3. The average molecular weight is 455 g/mol. The topological polar surface area (TPSA) is 53.5 Å². The Kier molecular flexibility index (Phi) is 6.22. The first kappa shape index (κ1) is 20.0. The lowest BCUT2D eigenvalue weighted by atomic mass is 10.2. The van der Waals surface area contributed by atoms with Crippen LogP contribution in [0.1, 0.15) is 5.56 Å². The molecule has 0 unspecified atom stereocenters. The summed E-state index contributed by atoms with van der Waals surface area (Å²) in [6, 6.07) is 4.84. The van der Waals surface area contributed by atoms with E-state index in [0.717, 1.165) is 0 Å². The number of anilines is 1. The highest BCUT2D eigenvalue weighted by Gasteiger charge is 2.28. The van der Waals surface area contributed by atoms with Crippen molar-refractivity contribution in [1.29, 1.82) is 0 Å². The van der Waals surface area contributed by atoms with Gasteiger partial charge in [-0.15, -0.1) is 0 Å². The highest BCUT2D eigenvalue weighted by Crippen LogP contribution is 2.33. The third kappa shape index (κ3) is 4.38. The minimum Gasteiger partial charge on any atom is -0.366 e. The Morgan fingerprint density at radius 1 is 0.885 bits per heavy atom. The third-order valence-corrected chi connectivity index (χ3v) is 7.25. The molecule has 0 atom stereocenters. The minimum atomic E-state index is -3.47. The lowest BCUT2D eigenvalue weighted by molar-refractivity contribution is 0.384. The Morgan fingerprint density at radius 3 is 2.08 bits per heavy atom. The van der Waals surface area contributed by atoms with Gasteiger partial charge in [-0.05, 0) is 17.7 Å². The highest BCUT2D eigenvalue weighted by molar-refractivity contribution is 7.88. The van der Waals surface area contributed by atoms with Crippen molar-refractivity contribution in [2.45, 2.75) is 5.75 Å². The summed E-state index contributed by atoms with van der Waals surface area (Å²) in [5, 5.41) is 1.63. The molecular weight excluding hydrogens is 440 g/mol. The normalized spacial score (nSPS) is 16.1. The van der Waals surface area contributed by atoms with E-state index in [-0.39, 0.29) is 5.75 Å². The van der Waals surface area contributed by atoms with Gasteiger partial charge in [0.15, 0.2) is 0 Å². The number of rotatable bonds is 4. The van der Waals surface area contributed by atoms with Gasteiger partial charge in [-0.25, -0.2) is 8.42 Å². The standard InChI is InChI=1S/C16H15Cl4N3O2S/c17-12-2-1-11(7-13(12)18)10-26(24,25)23-5-3-22(4-6-23)16-14(19)8-21-9-15(16)20/h1-2,7-9H,3-6,10H2. The van der Waals surface area contributed by atoms with Gasteiger partial charge in [0.2, 0.25) is 10.0 Å². The zero-order valence-corrected chi connectivity index (χ0v) is 17.3. The van der Waals surface area contributed by atoms with Crippen LogP contribution >= 0.6 is 46.4 Å². The van der Waals surface area contributed by atoms with Gasteiger partial charge in [0.25, 0.3) is 0 Å². The van der Waals surface area contributed by atoms with Crippen LogP contribution in [0.4, 0.5) is 5.69 Å². The molecule has 3 rings (SSSR count). The van der Waals surface area contributed by atoms with Crippen LogP contribution in [0.25, 0.3) is 0 Å². The Bertz CT molecular complexity index is 895. The number of nitrogens with zero attached hydrogens (tertiary/aromatic N) is 3. The van der Waals surface area contributed by atoms with Crippen LogP contribution < -0.4 is 4.90 Å². The van der Waals surface area contributed by atoms with E-state index in [4.69, 9.17) is 46.4 Å². The molecule has 0 bridgehead atoms. The molecule has 1 aliphatic rings. The summed E-state index contributed by atoms with van der Waals surface area (Å²) in [6.45, 7) is 1.67. The van der Waals surface area contributed by atoms with Gasteiger partial charge in [-0.3, -0.25) is 4.98 Å². The minimum absolute atomic E-state index is 0.124. The first-order valence-corrected chi connectivity index (χ1v) is 10.9. The molecule has 5 nitrogen and oxygen atoms in total. The van der Waals surface area contributed by atoms with Crippen molar-refractivity contribution in [3.05, 3.63) is 56.2 Å². The van der Waals surface area contributed by atoms with Gasteiger partial charge in [0.1, 0.15) is 0 Å². The number of aromatic nitrogens is 1. The second kappa shape index (κ2) is 8.09. The van der Waals surface area contributed by atoms with Gasteiger partial charge < -0.3 is 4.90 Å². The number of benzene rings is 1. The number of pyridine rings is 1. The molecule has 0 spiro atoms. The zero-order valence-electron chi connectivity index (χ0n) is 13.5. The number of sulfonamides is 1. The molecule has 0 saturated carbocycles. The van der Waals surface area contributed by atoms with Gasteiger partial charge in [0.05, 0.1) is 31.5 Å². The average Bonchev–Trinajstić information content (AvgIpc) is 2.58. The molecule has 1 saturated heterocycles. The summed E-state index contributed by atoms with van der Waals surface area (Å²) in [4.78, 5) is 5.91. The van der Waals surface area contributed by atoms with Crippen LogP contribution in [0, 0.1) is 0 Å². The molecule has 2 aromatic rings. The second-order valence-corrected chi connectivity index (χ2v) is 9.44. The Labute approximate surface area is 172 Å². The van der Waals surface area contributed by atoms with E-state index in [1.54, 1.807) is 18.2 Å². The van der Waals surface area contributed by atoms with Gasteiger partial charge in [-0.2, -0.15) is 4.31 Å². The Morgan fingerprint density at radius 2 is 1.50 bits per heavy atom. The van der Waals surface area contributed by atoms with Crippen molar-refractivity contribution in [3.63, 3.8) is 0 Å². The smallest absolute Gasteiger partial charge is 0.218 e. The van der Waals surface area contributed by atoms with Crippen LogP contribution in [0.5, 0.6) is 0 Å². The van der Waals surface area contributed by atoms with Crippen LogP contribution in [-0.4, -0.2) is 43.9 Å². The van der Waals surface area contributed by atoms with Crippen molar-refractivity contribution in [2.75, 3.05) is 31.1 Å². The molecule has 26 heavy (non-hydrogen) atoms. The van der Waals surface area contributed by atoms with Crippen LogP contribution in [0.15, 0.2) is 30.6 Å². The van der Waals surface area contributed by atoms with Crippen molar-refractivity contribution >= 4 is 62.1 Å². The predicted octanol–water partition coefficient (Wildman–Crippen LogP) is 4.35. The van der Waals surface area contributed by atoms with E-state index in [9.17, 15) is 8.42 Å². The molecule has 2 heterocycles. The maximum absolute atomic E-state index is 12.7. The zero-order chi connectivity index (χ0) is 18.9. The van der Waals surface area contributed by atoms with Crippen LogP contribution in [0.3, 0.4) is 0 Å². The molecule has 1 aromatic heterocycles. The molecule has 0 radical (unpaired) electrons. The molecular formula is C16H15Cl4N3O2S. The van der Waals surface area contributed by atoms with Crippen LogP contribution in [-0.2, 0) is 15.8 Å². The van der Waals surface area contributed by atoms with Crippen molar-refractivity contribution in [1.82, 2.24) is 9.29 Å². The SMILES string of the molecule is O=S(=O)(Cc1ccc(Cl)c(Cl)c1)N1CCN(c2c(Cl)cncc2Cl)CC1. The molecule has 1 fully saturated rings. The number of piperazine rings is 1. The van der Waals surface area contributed by atoms with Crippen molar-refractivity contribution in [2.24, 2.45) is 0 Å². The van der Waals surface area contributed by atoms with Crippen LogP contribution in [0.2, 0.25) is 20.1 Å². The van der Waals surface area contributed by atoms with Gasteiger partial charge >= 0.3 is 0 Å². The monoisotopic (exact) mass is 453 g/mol. The van der Waals surface area contributed by atoms with Gasteiger partial charge in [-0.1, -0.05) is 52.5 Å². The largest absolute Gasteiger partial charge is 0.366 e. The molecule has 0 amide bonds. The first-order valence-electron chi connectivity index (χ1n) is 7.73. The van der Waals surface area contributed by atoms with E-state index in [1.165, 1.54) is 16.7 Å². The second-order valence-electron chi connectivity index (χ2n) is 5.84. The summed E-state index contributed by atoms with van der Waals surface area (Å²) in [6.07, 6.45) is 3.05. The Hall–Kier alpha value is -0.760. The van der Waals surface area contributed by atoms with E-state index >= 15 is 0 Å². The fourth-order valence-corrected chi connectivity index (χ4v) is 5.26. The third-order valence-electron chi connectivity index (χ3n) is 4.11. The summed E-state index contributed by atoms with van der Waals surface area (Å²) < 4.78 is 26.9. The maximum atomic E-state index is 12.7. The molecule has 0 aliphatic carbocycles. The van der Waals surface area contributed by atoms with E-state index < -0.39 is 10.0 Å². The number of hydrogen-bond donors (Lipinski definition) is 0. The predicted molar refractivity (Wildman–Crippen MR) is 107 cm³/mol. The van der Waals surface area contributed by atoms with E-state index in [2.05, 4.69) is 4.98 Å². The summed E-state index contributed by atoms with van der Waals surface area (Å²) >= 11 is 24.2. The number of halogens is 4. The quantitative estimate of drug-likeness (QED) is 0.689. The molecule has 1 aliphatic heterocycles. The number of hydrogen-bond acceptors (Lipinski definition) is 4. The summed E-state index contributed by atoms with van der Waals surface area (Å²) in [7, 11) is -3.47. The summed E-state index contributed by atoms with van der Waals surface area (Å²) in [5.41, 5.74) is 1.28. The molecule has 10 heteroatoms. The van der Waals surface area contributed by atoms with Crippen molar-refractivity contribution in [3.8, 4) is 0 Å². The van der Waals surface area contributed by atoms with Gasteiger partial charge in [0, 0.05) is 38.6 Å². The fraction of sp³-hybridized carbons (Fsp3) is 0.312. The van der Waals surface area contributed by atoms with Crippen molar-refractivity contribution < 1.29 is 8.42 Å². The Balaban J connectivity index is 1.69. The molecule has 0 N–H and O–H groups in total. The summed E-state index contributed by atoms with van der Waals surface area (Å²) in [5.74, 6) is -0.124. The fourth-order valence-electron chi connectivity index (χ4n) is 2.83. The maximum Gasteiger partial charge on any atom is 0.218 e. The molecule has 1 aromatic carbocycles. The van der Waals surface area contributed by atoms with E-state index in [0.29, 0.717) is 57.5 Å². The highest BCUT2D eigenvalue weighted by atomic mass is 35.5. The van der Waals surface area contributed by atoms with E-state index in [1.807, 2.05) is 4.90 Å². The molecule has 140 valence electrons. The lowest BCUT2D eigenvalue weighted by Gasteiger charge is -2.36. The lowest BCUT2D eigenvalue weighted by Crippen LogP contribution is -2.49.